The molecule has 2 N–H and O–H groups in total. The lowest BCUT2D eigenvalue weighted by molar-refractivity contribution is -0.264. The van der Waals surface area contributed by atoms with Gasteiger partial charge in [0.2, 0.25) is 5.79 Å². The summed E-state index contributed by atoms with van der Waals surface area (Å²) < 4.78 is 42.1. The number of esters is 2. The van der Waals surface area contributed by atoms with Gasteiger partial charge in [0.25, 0.3) is 11.7 Å². The van der Waals surface area contributed by atoms with Gasteiger partial charge < -0.3 is 53.2 Å². The van der Waals surface area contributed by atoms with Crippen LogP contribution >= 0.6 is 0 Å². The van der Waals surface area contributed by atoms with E-state index in [-0.39, 0.29) is 48.7 Å². The summed E-state index contributed by atoms with van der Waals surface area (Å²) in [6.07, 6.45) is 11.0. The highest BCUT2D eigenvalue weighted by atomic mass is 16.6. The number of ketones is 3. The monoisotopic (exact) mass is 1240 g/mol. The van der Waals surface area contributed by atoms with Crippen molar-refractivity contribution >= 4 is 35.2 Å². The fraction of sp³-hybridized carbons (Fsp3) is 0.634. The van der Waals surface area contributed by atoms with Crippen LogP contribution in [0.15, 0.2) is 90.1 Å². The maximum atomic E-state index is 14.9. The molecular formula is C71H101N3O15. The van der Waals surface area contributed by atoms with Crippen molar-refractivity contribution in [3.63, 3.8) is 0 Å². The van der Waals surface area contributed by atoms with Crippen molar-refractivity contribution in [3.8, 4) is 11.5 Å². The van der Waals surface area contributed by atoms with Gasteiger partial charge in [-0.15, -0.1) is 0 Å². The summed E-state index contributed by atoms with van der Waals surface area (Å²) in [5.41, 5.74) is 3.70. The standard InChI is InChI=1S/C71H101N3O15/c1-44-18-14-13-15-19-45(2)57(56-29-28-54(83-9)41-62(56)84-10)40-55-27-21-50(7)71(82,89-55)67(78)68(79)74-31-17-16-20-58(74)70(81)88-61(42-59(75)46(3)37-49(6)65(77)66(86-12)64(76)48(5)36-44)47(4)38-52-24-30-60(63(39-52)85-11)87-69(80)53-25-22-51(23-26-53)43-73-34-32-72(8)33-35-73/h13-15,18-19,22-23,25-26,28-29,37,41,44,46-48,50,52,55,57-58,60-61,63,65-66,77,82H,16-17,20-21,24,27,30-36,38-40,42-43H2,1-12H3/b15-13+,18-14+,45-19+,49-37+/t44-,46-,47-,48-,50-,52+,55+,57+,58+,60-,61+,63-,65-,66+,71?/m1/s1. The highest BCUT2D eigenvalue weighted by molar-refractivity contribution is 6.39. The first-order valence-corrected chi connectivity index (χ1v) is 32.4. The molecule has 0 radical (unpaired) electrons. The SMILES string of the molecule is COc1ccc([C@H]2C[C@@H]3CC[C@@H](C)C(O)(O3)C(=O)C(=O)N3CCCC[C@H]3C(=O)O[C@H]([C@H](C)C[C@@H]3CC[C@@H](OC(=O)c4ccc(CN5CCN(C)CC5)cc4)[C@H](OC)C3)CC(=O)[C@H](C)/C=C(\C)[C@@H](O)[C@@H](OC)C(=O)[C@H](C)C[C@H](C)/C=C/C=C/C=C/2C)c(OC)c1. The Labute approximate surface area is 528 Å². The molecule has 1 amide bonds. The number of Topliss-reactive ketones (excluding diaryl/α,β-unsaturated/α-hetero) is 3. The molecule has 3 saturated heterocycles. The number of benzene rings is 2. The molecule has 1 unspecified atom stereocenters. The van der Waals surface area contributed by atoms with Crippen molar-refractivity contribution in [1.82, 2.24) is 14.7 Å². The van der Waals surface area contributed by atoms with Gasteiger partial charge in [-0.3, -0.25) is 24.1 Å². The van der Waals surface area contributed by atoms with Gasteiger partial charge in [-0.1, -0.05) is 94.8 Å². The number of nitrogens with zero attached hydrogens (tertiary/aromatic N) is 3. The van der Waals surface area contributed by atoms with E-state index in [0.717, 1.165) is 49.4 Å². The lowest BCUT2D eigenvalue weighted by Gasteiger charge is -2.43. The van der Waals surface area contributed by atoms with Crippen molar-refractivity contribution in [2.24, 2.45) is 35.5 Å². The third-order valence-electron chi connectivity index (χ3n) is 19.5. The molecule has 89 heavy (non-hydrogen) atoms. The van der Waals surface area contributed by atoms with Crippen molar-refractivity contribution in [3.05, 3.63) is 107 Å². The number of likely N-dealkylation sites (N-methyl/N-ethyl adjacent to an activating group) is 1. The minimum atomic E-state index is -2.52. The van der Waals surface area contributed by atoms with Crippen LogP contribution in [0.25, 0.3) is 0 Å². The zero-order valence-electron chi connectivity index (χ0n) is 54.9. The number of piperazine rings is 1. The number of carbonyl (C=O) groups excluding carboxylic acids is 6. The molecule has 4 heterocycles. The molecule has 0 aromatic heterocycles. The first kappa shape index (κ1) is 70.6. The zero-order valence-corrected chi connectivity index (χ0v) is 54.9. The quantitative estimate of drug-likeness (QED) is 0.115. The van der Waals surface area contributed by atoms with Gasteiger partial charge in [0.15, 0.2) is 5.78 Å². The van der Waals surface area contributed by atoms with Crippen molar-refractivity contribution in [1.29, 1.82) is 0 Å². The van der Waals surface area contributed by atoms with E-state index in [1.165, 1.54) is 12.0 Å². The number of allylic oxidation sites excluding steroid dienone is 7. The highest BCUT2D eigenvalue weighted by Gasteiger charge is 2.53. The van der Waals surface area contributed by atoms with Gasteiger partial charge in [0, 0.05) is 95.2 Å². The molecule has 490 valence electrons. The summed E-state index contributed by atoms with van der Waals surface area (Å²) in [6.45, 7) is 17.6. The number of aliphatic hydroxyl groups is 2. The Morgan fingerprint density at radius 2 is 1.52 bits per heavy atom. The summed E-state index contributed by atoms with van der Waals surface area (Å²) in [5, 5.41) is 24.1. The average Bonchev–Trinajstić information content (AvgIpc) is 1.05. The highest BCUT2D eigenvalue weighted by Crippen LogP contribution is 2.43. The van der Waals surface area contributed by atoms with E-state index < -0.39 is 95.8 Å². The van der Waals surface area contributed by atoms with Gasteiger partial charge in [0.05, 0.1) is 32.0 Å². The molecule has 1 saturated carbocycles. The molecule has 2 bridgehead atoms. The molecule has 1 aliphatic carbocycles. The fourth-order valence-corrected chi connectivity index (χ4v) is 13.7. The number of methoxy groups -OCH3 is 4. The smallest absolute Gasteiger partial charge is 0.338 e. The average molecular weight is 1240 g/mol. The number of hydrogen-bond donors (Lipinski definition) is 2. The van der Waals surface area contributed by atoms with Crippen LogP contribution in [0.3, 0.4) is 0 Å². The van der Waals surface area contributed by atoms with Crippen molar-refractivity contribution < 1.29 is 72.1 Å². The summed E-state index contributed by atoms with van der Waals surface area (Å²) >= 11 is 0. The molecule has 2 aromatic carbocycles. The van der Waals surface area contributed by atoms with E-state index in [4.69, 9.17) is 33.2 Å². The van der Waals surface area contributed by atoms with Gasteiger partial charge in [-0.05, 0) is 139 Å². The predicted octanol–water partition coefficient (Wildman–Crippen LogP) is 9.58. The Kier molecular flexibility index (Phi) is 26.1. The Balaban J connectivity index is 1.14. The van der Waals surface area contributed by atoms with Gasteiger partial charge in [0.1, 0.15) is 47.7 Å². The molecule has 0 spiro atoms. The van der Waals surface area contributed by atoms with Crippen LogP contribution in [0.4, 0.5) is 0 Å². The van der Waals surface area contributed by atoms with E-state index >= 15 is 0 Å². The van der Waals surface area contributed by atoms with Gasteiger partial charge in [-0.25, -0.2) is 9.59 Å². The molecule has 18 nitrogen and oxygen atoms in total. The Morgan fingerprint density at radius 1 is 0.787 bits per heavy atom. The number of cyclic esters (lactones) is 1. The van der Waals surface area contributed by atoms with Crippen LogP contribution in [0, 0.1) is 35.5 Å². The van der Waals surface area contributed by atoms with Crippen LogP contribution in [0.5, 0.6) is 11.5 Å². The first-order valence-electron chi connectivity index (χ1n) is 32.4. The minimum Gasteiger partial charge on any atom is -0.497 e. The normalized spacial score (nSPS) is 34.0. The number of aliphatic hydroxyl groups excluding tert-OH is 1. The Morgan fingerprint density at radius 3 is 2.20 bits per heavy atom. The number of carbonyl (C=O) groups is 6. The summed E-state index contributed by atoms with van der Waals surface area (Å²) in [4.78, 5) is 92.5. The maximum absolute atomic E-state index is 14.9. The van der Waals surface area contributed by atoms with E-state index in [1.807, 2.05) is 94.5 Å². The number of hydrogen-bond acceptors (Lipinski definition) is 17. The van der Waals surface area contributed by atoms with Crippen LogP contribution in [-0.4, -0.2) is 177 Å². The summed E-state index contributed by atoms with van der Waals surface area (Å²) in [7, 11) is 8.26. The molecule has 2 aromatic rings. The van der Waals surface area contributed by atoms with Crippen LogP contribution in [-0.2, 0) is 54.2 Å². The largest absolute Gasteiger partial charge is 0.497 e. The molecule has 4 fully saturated rings. The van der Waals surface area contributed by atoms with E-state index in [9.17, 15) is 39.0 Å². The second-order valence-electron chi connectivity index (χ2n) is 26.2. The number of ether oxygens (including phenoxy) is 7. The summed E-state index contributed by atoms with van der Waals surface area (Å²) in [5.74, 6) is -8.18. The molecule has 4 aliphatic heterocycles. The number of amides is 1. The number of piperidine rings is 1. The Hall–Kier alpha value is -5.86. The van der Waals surface area contributed by atoms with E-state index in [0.29, 0.717) is 86.8 Å². The van der Waals surface area contributed by atoms with Gasteiger partial charge in [-0.2, -0.15) is 0 Å². The molecule has 7 rings (SSSR count). The lowest BCUT2D eigenvalue weighted by Crippen LogP contribution is -2.60. The van der Waals surface area contributed by atoms with E-state index in [2.05, 4.69) is 16.8 Å². The fourth-order valence-electron chi connectivity index (χ4n) is 13.7. The maximum Gasteiger partial charge on any atom is 0.338 e. The number of rotatable bonds is 12. The van der Waals surface area contributed by atoms with Crippen LogP contribution < -0.4 is 9.47 Å². The second-order valence-corrected chi connectivity index (χ2v) is 26.2. The predicted molar refractivity (Wildman–Crippen MR) is 339 cm³/mol. The third kappa shape index (κ3) is 18.4. The lowest BCUT2D eigenvalue weighted by atomic mass is 9.78. The van der Waals surface area contributed by atoms with Gasteiger partial charge >= 0.3 is 11.9 Å². The van der Waals surface area contributed by atoms with E-state index in [1.54, 1.807) is 54.2 Å². The second kappa shape index (κ2) is 32.9. The third-order valence-corrected chi connectivity index (χ3v) is 19.5. The molecule has 5 aliphatic rings. The van der Waals surface area contributed by atoms with Crippen LogP contribution in [0.2, 0.25) is 0 Å². The number of fused-ring (bicyclic) bond motifs is 3. The van der Waals surface area contributed by atoms with Crippen molar-refractivity contribution in [2.75, 3.05) is 68.2 Å². The molecular weight excluding hydrogens is 1130 g/mol. The first-order chi connectivity index (χ1) is 42.5. The topological polar surface area (TPSA) is 217 Å². The van der Waals surface area contributed by atoms with Crippen LogP contribution in [0.1, 0.15) is 153 Å². The minimum absolute atomic E-state index is 0.0134. The van der Waals surface area contributed by atoms with Crippen molar-refractivity contribution in [2.45, 2.75) is 186 Å². The Bertz CT molecular complexity index is 2860. The summed E-state index contributed by atoms with van der Waals surface area (Å²) in [6, 6.07) is 11.9. The molecule has 15 atom stereocenters. The molecule has 18 heteroatoms. The zero-order chi connectivity index (χ0) is 64.7.